The van der Waals surface area contributed by atoms with Crippen LogP contribution in [0, 0.1) is 0 Å². The van der Waals surface area contributed by atoms with E-state index in [1.807, 2.05) is 0 Å². The first-order chi connectivity index (χ1) is 7.35. The standard InChI is InChI=1S/C11H17NO4/c1-11(2,3)16-10(14)12-7-5-6-8(12)9(13)15-4/h5-6,8H,7H2,1-4H3/t8-/m1/s1. The first-order valence-electron chi connectivity index (χ1n) is 5.09. The summed E-state index contributed by atoms with van der Waals surface area (Å²) in [5.74, 6) is -0.459. The van der Waals surface area contributed by atoms with Crippen LogP contribution in [0.2, 0.25) is 0 Å². The van der Waals surface area contributed by atoms with Crippen LogP contribution >= 0.6 is 0 Å². The molecule has 1 rings (SSSR count). The molecule has 1 aliphatic heterocycles. The Morgan fingerprint density at radius 3 is 2.50 bits per heavy atom. The van der Waals surface area contributed by atoms with Crippen molar-refractivity contribution < 1.29 is 19.1 Å². The number of hydrogen-bond acceptors (Lipinski definition) is 4. The van der Waals surface area contributed by atoms with Crippen molar-refractivity contribution in [3.8, 4) is 0 Å². The summed E-state index contributed by atoms with van der Waals surface area (Å²) in [6.07, 6.45) is 2.87. The molecule has 0 aromatic heterocycles. The van der Waals surface area contributed by atoms with E-state index in [4.69, 9.17) is 4.74 Å². The van der Waals surface area contributed by atoms with Crippen LogP contribution in [0.15, 0.2) is 12.2 Å². The molecular formula is C11H17NO4. The summed E-state index contributed by atoms with van der Waals surface area (Å²) in [6, 6.07) is -0.667. The quantitative estimate of drug-likeness (QED) is 0.501. The summed E-state index contributed by atoms with van der Waals surface area (Å²) in [5.41, 5.74) is -0.569. The summed E-state index contributed by atoms with van der Waals surface area (Å²) in [6.45, 7) is 5.71. The molecule has 0 saturated heterocycles. The van der Waals surface area contributed by atoms with E-state index < -0.39 is 23.7 Å². The van der Waals surface area contributed by atoms with Crippen LogP contribution < -0.4 is 0 Å². The zero-order chi connectivity index (χ0) is 12.3. The van der Waals surface area contributed by atoms with Gasteiger partial charge in [-0.15, -0.1) is 0 Å². The highest BCUT2D eigenvalue weighted by molar-refractivity contribution is 5.84. The minimum atomic E-state index is -0.667. The van der Waals surface area contributed by atoms with Gasteiger partial charge in [-0.25, -0.2) is 9.59 Å². The number of amides is 1. The third-order valence-corrected chi connectivity index (χ3v) is 2.03. The second-order valence-corrected chi connectivity index (χ2v) is 4.53. The number of carbonyl (C=O) groups excluding carboxylic acids is 2. The average Bonchev–Trinajstić information content (AvgIpc) is 2.62. The third kappa shape index (κ3) is 2.98. The third-order valence-electron chi connectivity index (χ3n) is 2.03. The maximum atomic E-state index is 11.7. The van der Waals surface area contributed by atoms with E-state index in [-0.39, 0.29) is 0 Å². The predicted octanol–water partition coefficient (Wildman–Crippen LogP) is 1.33. The van der Waals surface area contributed by atoms with Gasteiger partial charge in [-0.05, 0) is 20.8 Å². The van der Waals surface area contributed by atoms with E-state index in [9.17, 15) is 9.59 Å². The topological polar surface area (TPSA) is 55.8 Å². The number of ether oxygens (including phenoxy) is 2. The fourth-order valence-electron chi connectivity index (χ4n) is 1.36. The molecule has 0 aromatic carbocycles. The molecule has 5 nitrogen and oxygen atoms in total. The summed E-state index contributed by atoms with van der Waals surface area (Å²) in [5, 5.41) is 0. The van der Waals surface area contributed by atoms with Crippen molar-refractivity contribution in [1.29, 1.82) is 0 Å². The van der Waals surface area contributed by atoms with Crippen LogP contribution in [0.25, 0.3) is 0 Å². The Balaban J connectivity index is 2.67. The number of rotatable bonds is 1. The SMILES string of the molecule is COC(=O)[C@H]1C=CCN1C(=O)OC(C)(C)C. The van der Waals surface area contributed by atoms with Gasteiger partial charge in [-0.2, -0.15) is 0 Å². The molecule has 0 aromatic rings. The number of esters is 1. The maximum Gasteiger partial charge on any atom is 0.411 e. The zero-order valence-corrected chi connectivity index (χ0v) is 10.0. The Morgan fingerprint density at radius 2 is 2.00 bits per heavy atom. The zero-order valence-electron chi connectivity index (χ0n) is 10.0. The van der Waals surface area contributed by atoms with Gasteiger partial charge in [0.1, 0.15) is 5.60 Å². The molecule has 0 bridgehead atoms. The highest BCUT2D eigenvalue weighted by atomic mass is 16.6. The van der Waals surface area contributed by atoms with Crippen LogP contribution in [0.1, 0.15) is 20.8 Å². The van der Waals surface area contributed by atoms with E-state index in [2.05, 4.69) is 4.74 Å². The molecule has 1 aliphatic rings. The maximum absolute atomic E-state index is 11.7. The minimum absolute atomic E-state index is 0.370. The molecule has 5 heteroatoms. The summed E-state index contributed by atoms with van der Waals surface area (Å²) >= 11 is 0. The molecule has 0 saturated carbocycles. The summed E-state index contributed by atoms with van der Waals surface area (Å²) in [7, 11) is 1.29. The van der Waals surface area contributed by atoms with Gasteiger partial charge in [0.15, 0.2) is 6.04 Å². The van der Waals surface area contributed by atoms with Crippen molar-refractivity contribution in [1.82, 2.24) is 4.90 Å². The number of hydrogen-bond donors (Lipinski definition) is 0. The van der Waals surface area contributed by atoms with Gasteiger partial charge >= 0.3 is 12.1 Å². The Kier molecular flexibility index (Phi) is 3.57. The fraction of sp³-hybridized carbons (Fsp3) is 0.636. The largest absolute Gasteiger partial charge is 0.467 e. The molecule has 0 N–H and O–H groups in total. The van der Waals surface area contributed by atoms with Crippen LogP contribution in [-0.2, 0) is 14.3 Å². The van der Waals surface area contributed by atoms with E-state index in [0.717, 1.165) is 0 Å². The molecule has 0 unspecified atom stereocenters. The molecule has 16 heavy (non-hydrogen) atoms. The van der Waals surface area contributed by atoms with Gasteiger partial charge in [0, 0.05) is 6.54 Å². The Labute approximate surface area is 95.0 Å². The van der Waals surface area contributed by atoms with Crippen LogP contribution in [0.5, 0.6) is 0 Å². The second kappa shape index (κ2) is 4.55. The lowest BCUT2D eigenvalue weighted by atomic mass is 10.2. The monoisotopic (exact) mass is 227 g/mol. The highest BCUT2D eigenvalue weighted by Crippen LogP contribution is 2.16. The van der Waals surface area contributed by atoms with Crippen LogP contribution in [0.3, 0.4) is 0 Å². The van der Waals surface area contributed by atoms with E-state index in [1.54, 1.807) is 32.9 Å². The first-order valence-corrected chi connectivity index (χ1v) is 5.09. The predicted molar refractivity (Wildman–Crippen MR) is 57.9 cm³/mol. The smallest absolute Gasteiger partial charge is 0.411 e. The molecule has 0 radical (unpaired) electrons. The number of methoxy groups -OCH3 is 1. The van der Waals surface area contributed by atoms with Crippen molar-refractivity contribution in [2.45, 2.75) is 32.4 Å². The van der Waals surface area contributed by atoms with Gasteiger partial charge in [0.25, 0.3) is 0 Å². The Hall–Kier alpha value is -1.52. The van der Waals surface area contributed by atoms with Crippen molar-refractivity contribution in [3.63, 3.8) is 0 Å². The van der Waals surface area contributed by atoms with Crippen molar-refractivity contribution >= 4 is 12.1 Å². The Bertz CT molecular complexity index is 316. The normalized spacial score (nSPS) is 19.8. The van der Waals surface area contributed by atoms with Gasteiger partial charge in [0.2, 0.25) is 0 Å². The fourth-order valence-corrected chi connectivity index (χ4v) is 1.36. The lowest BCUT2D eigenvalue weighted by Crippen LogP contribution is -2.44. The van der Waals surface area contributed by atoms with Crippen LogP contribution in [-0.4, -0.2) is 42.3 Å². The van der Waals surface area contributed by atoms with Gasteiger partial charge in [-0.1, -0.05) is 12.2 Å². The van der Waals surface area contributed by atoms with E-state index in [0.29, 0.717) is 6.54 Å². The lowest BCUT2D eigenvalue weighted by Gasteiger charge is -2.27. The lowest BCUT2D eigenvalue weighted by molar-refractivity contribution is -0.144. The minimum Gasteiger partial charge on any atom is -0.467 e. The summed E-state index contributed by atoms with van der Waals surface area (Å²) in [4.78, 5) is 24.4. The molecule has 1 atom stereocenters. The van der Waals surface area contributed by atoms with Crippen molar-refractivity contribution in [3.05, 3.63) is 12.2 Å². The highest BCUT2D eigenvalue weighted by Gasteiger charge is 2.33. The molecular weight excluding hydrogens is 210 g/mol. The van der Waals surface area contributed by atoms with Gasteiger partial charge in [-0.3, -0.25) is 4.90 Å². The van der Waals surface area contributed by atoms with Crippen molar-refractivity contribution in [2.24, 2.45) is 0 Å². The second-order valence-electron chi connectivity index (χ2n) is 4.53. The van der Waals surface area contributed by atoms with Crippen molar-refractivity contribution in [2.75, 3.05) is 13.7 Å². The molecule has 1 amide bonds. The molecule has 90 valence electrons. The molecule has 1 heterocycles. The first kappa shape index (κ1) is 12.5. The van der Waals surface area contributed by atoms with Crippen LogP contribution in [0.4, 0.5) is 4.79 Å². The van der Waals surface area contributed by atoms with E-state index >= 15 is 0 Å². The Morgan fingerprint density at radius 1 is 1.38 bits per heavy atom. The van der Waals surface area contributed by atoms with Gasteiger partial charge in [0.05, 0.1) is 7.11 Å². The summed E-state index contributed by atoms with van der Waals surface area (Å²) < 4.78 is 9.79. The van der Waals surface area contributed by atoms with E-state index in [1.165, 1.54) is 12.0 Å². The average molecular weight is 227 g/mol. The number of nitrogens with zero attached hydrogens (tertiary/aromatic N) is 1. The molecule has 0 aliphatic carbocycles. The molecule has 0 fully saturated rings. The number of carbonyl (C=O) groups is 2. The molecule has 0 spiro atoms. The van der Waals surface area contributed by atoms with Gasteiger partial charge < -0.3 is 9.47 Å².